The lowest BCUT2D eigenvalue weighted by Crippen LogP contribution is -2.46. The Morgan fingerprint density at radius 3 is 2.65 bits per heavy atom. The largest absolute Gasteiger partial charge is 0.481 e. The van der Waals surface area contributed by atoms with Gasteiger partial charge in [-0.1, -0.05) is 12.8 Å². The first-order valence-electron chi connectivity index (χ1n) is 7.19. The van der Waals surface area contributed by atoms with Crippen molar-refractivity contribution >= 4 is 12.0 Å². The number of rotatable bonds is 6. The minimum absolute atomic E-state index is 0.0124. The molecule has 1 aliphatic rings. The quantitative estimate of drug-likeness (QED) is 0.776. The van der Waals surface area contributed by atoms with E-state index in [-0.39, 0.29) is 23.9 Å². The van der Waals surface area contributed by atoms with Crippen LogP contribution >= 0.6 is 0 Å². The second kappa shape index (κ2) is 8.09. The van der Waals surface area contributed by atoms with Gasteiger partial charge in [-0.3, -0.25) is 4.79 Å². The molecule has 0 aromatic rings. The highest BCUT2D eigenvalue weighted by molar-refractivity contribution is 5.74. The van der Waals surface area contributed by atoms with Crippen molar-refractivity contribution < 1.29 is 19.4 Å². The third-order valence-electron chi connectivity index (χ3n) is 4.13. The van der Waals surface area contributed by atoms with Gasteiger partial charge in [0.25, 0.3) is 0 Å². The molecular weight excluding hydrogens is 260 g/mol. The van der Waals surface area contributed by atoms with Gasteiger partial charge in [-0.2, -0.15) is 0 Å². The fourth-order valence-electron chi connectivity index (χ4n) is 2.67. The normalized spacial score (nSPS) is 23.9. The fraction of sp³-hybridized carbons (Fsp3) is 0.857. The van der Waals surface area contributed by atoms with Gasteiger partial charge in [-0.15, -0.1) is 0 Å². The van der Waals surface area contributed by atoms with E-state index in [1.165, 1.54) is 0 Å². The molecule has 6 heteroatoms. The van der Waals surface area contributed by atoms with Crippen LogP contribution in [-0.2, 0) is 9.53 Å². The number of nitrogens with one attached hydrogen (secondary N) is 1. The lowest BCUT2D eigenvalue weighted by molar-refractivity contribution is -0.144. The zero-order chi connectivity index (χ0) is 15.1. The average Bonchev–Trinajstić information content (AvgIpc) is 2.44. The Labute approximate surface area is 120 Å². The predicted octanol–water partition coefficient (Wildman–Crippen LogP) is 1.55. The molecule has 1 rings (SSSR count). The topological polar surface area (TPSA) is 78.9 Å². The Hall–Kier alpha value is -1.30. The SMILES string of the molecule is COCC(C)N(C)C(=O)NCC1CCCCC1C(=O)O. The number of likely N-dealkylation sites (N-methyl/N-ethyl adjacent to an activating group) is 1. The number of carbonyl (C=O) groups is 2. The molecule has 0 bridgehead atoms. The van der Waals surface area contributed by atoms with E-state index >= 15 is 0 Å². The summed E-state index contributed by atoms with van der Waals surface area (Å²) in [5.41, 5.74) is 0. The number of amides is 2. The molecule has 0 saturated heterocycles. The van der Waals surface area contributed by atoms with Crippen LogP contribution in [0.2, 0.25) is 0 Å². The summed E-state index contributed by atoms with van der Waals surface area (Å²) >= 11 is 0. The van der Waals surface area contributed by atoms with Crippen molar-refractivity contribution in [2.45, 2.75) is 38.6 Å². The smallest absolute Gasteiger partial charge is 0.317 e. The van der Waals surface area contributed by atoms with E-state index in [2.05, 4.69) is 5.32 Å². The van der Waals surface area contributed by atoms with Gasteiger partial charge in [-0.05, 0) is 25.7 Å². The number of hydrogen-bond acceptors (Lipinski definition) is 3. The van der Waals surface area contributed by atoms with Gasteiger partial charge in [0, 0.05) is 20.7 Å². The van der Waals surface area contributed by atoms with Crippen molar-refractivity contribution in [3.8, 4) is 0 Å². The highest BCUT2D eigenvalue weighted by Gasteiger charge is 2.31. The molecule has 2 amide bonds. The Bertz CT molecular complexity index is 335. The standard InChI is InChI=1S/C14H26N2O4/c1-10(9-20-3)16(2)14(19)15-8-11-6-4-5-7-12(11)13(17)18/h10-12H,4-9H2,1-3H3,(H,15,19)(H,17,18). The molecular formula is C14H26N2O4. The Morgan fingerprint density at radius 2 is 2.05 bits per heavy atom. The van der Waals surface area contributed by atoms with E-state index in [1.807, 2.05) is 6.92 Å². The van der Waals surface area contributed by atoms with Gasteiger partial charge in [0.2, 0.25) is 0 Å². The minimum Gasteiger partial charge on any atom is -0.481 e. The highest BCUT2D eigenvalue weighted by Crippen LogP contribution is 2.29. The van der Waals surface area contributed by atoms with E-state index in [9.17, 15) is 14.7 Å². The molecule has 3 unspecified atom stereocenters. The number of methoxy groups -OCH3 is 1. The van der Waals surface area contributed by atoms with Gasteiger partial charge in [0.1, 0.15) is 0 Å². The maximum Gasteiger partial charge on any atom is 0.317 e. The zero-order valence-corrected chi connectivity index (χ0v) is 12.6. The summed E-state index contributed by atoms with van der Waals surface area (Å²) < 4.78 is 5.02. The molecule has 0 aromatic carbocycles. The summed E-state index contributed by atoms with van der Waals surface area (Å²) in [6.45, 7) is 2.81. The molecule has 2 N–H and O–H groups in total. The van der Waals surface area contributed by atoms with Crippen LogP contribution in [0.1, 0.15) is 32.6 Å². The van der Waals surface area contributed by atoms with Crippen LogP contribution in [0.15, 0.2) is 0 Å². The van der Waals surface area contributed by atoms with Gasteiger partial charge in [0.05, 0.1) is 18.6 Å². The third kappa shape index (κ3) is 4.67. The number of carboxylic acids is 1. The van der Waals surface area contributed by atoms with Crippen LogP contribution in [0.5, 0.6) is 0 Å². The molecule has 0 radical (unpaired) electrons. The molecule has 1 aliphatic carbocycles. The second-order valence-electron chi connectivity index (χ2n) is 5.59. The number of hydrogen-bond donors (Lipinski definition) is 2. The molecule has 0 heterocycles. The molecule has 0 aliphatic heterocycles. The predicted molar refractivity (Wildman–Crippen MR) is 75.6 cm³/mol. The summed E-state index contributed by atoms with van der Waals surface area (Å²) in [6.07, 6.45) is 3.59. The van der Waals surface area contributed by atoms with Gasteiger partial charge in [0.15, 0.2) is 0 Å². The molecule has 20 heavy (non-hydrogen) atoms. The summed E-state index contributed by atoms with van der Waals surface area (Å²) in [6, 6.07) is -0.189. The second-order valence-corrected chi connectivity index (χ2v) is 5.59. The molecule has 1 fully saturated rings. The first kappa shape index (κ1) is 16.8. The summed E-state index contributed by atoms with van der Waals surface area (Å²) in [5.74, 6) is -1.04. The van der Waals surface area contributed by atoms with Crippen molar-refractivity contribution in [2.75, 3.05) is 27.3 Å². The number of carboxylic acid groups (broad SMARTS) is 1. The van der Waals surface area contributed by atoms with Gasteiger partial charge >= 0.3 is 12.0 Å². The number of carbonyl (C=O) groups excluding carboxylic acids is 1. The number of aliphatic carboxylic acids is 1. The van der Waals surface area contributed by atoms with E-state index in [1.54, 1.807) is 19.1 Å². The molecule has 3 atom stereocenters. The van der Waals surface area contributed by atoms with Crippen molar-refractivity contribution in [3.05, 3.63) is 0 Å². The minimum atomic E-state index is -0.745. The van der Waals surface area contributed by atoms with E-state index in [0.717, 1.165) is 19.3 Å². The highest BCUT2D eigenvalue weighted by atomic mass is 16.5. The number of ether oxygens (including phenoxy) is 1. The van der Waals surface area contributed by atoms with Crippen molar-refractivity contribution in [1.29, 1.82) is 0 Å². The Kier molecular flexibility index (Phi) is 6.78. The number of urea groups is 1. The first-order valence-corrected chi connectivity index (χ1v) is 7.19. The Morgan fingerprint density at radius 1 is 1.40 bits per heavy atom. The van der Waals surface area contributed by atoms with Crippen LogP contribution in [0.25, 0.3) is 0 Å². The lowest BCUT2D eigenvalue weighted by atomic mass is 9.79. The molecule has 0 spiro atoms. The lowest BCUT2D eigenvalue weighted by Gasteiger charge is -2.30. The van der Waals surface area contributed by atoms with Crippen molar-refractivity contribution in [3.63, 3.8) is 0 Å². The molecule has 1 saturated carbocycles. The number of nitrogens with zero attached hydrogens (tertiary/aromatic N) is 1. The summed E-state index contributed by atoms with van der Waals surface area (Å²) in [4.78, 5) is 24.8. The summed E-state index contributed by atoms with van der Waals surface area (Å²) in [5, 5.41) is 12.0. The molecule has 0 aromatic heterocycles. The van der Waals surface area contributed by atoms with Crippen LogP contribution in [0, 0.1) is 11.8 Å². The van der Waals surface area contributed by atoms with Gasteiger partial charge < -0.3 is 20.1 Å². The van der Waals surface area contributed by atoms with Crippen LogP contribution in [0.4, 0.5) is 4.79 Å². The third-order valence-corrected chi connectivity index (χ3v) is 4.13. The fourth-order valence-corrected chi connectivity index (χ4v) is 2.67. The molecule has 116 valence electrons. The van der Waals surface area contributed by atoms with Crippen LogP contribution < -0.4 is 5.32 Å². The van der Waals surface area contributed by atoms with Gasteiger partial charge in [-0.25, -0.2) is 4.79 Å². The first-order chi connectivity index (χ1) is 9.47. The van der Waals surface area contributed by atoms with E-state index < -0.39 is 5.97 Å². The van der Waals surface area contributed by atoms with Crippen LogP contribution in [-0.4, -0.2) is 55.4 Å². The van der Waals surface area contributed by atoms with Crippen molar-refractivity contribution in [2.24, 2.45) is 11.8 Å². The zero-order valence-electron chi connectivity index (χ0n) is 12.6. The monoisotopic (exact) mass is 286 g/mol. The van der Waals surface area contributed by atoms with E-state index in [0.29, 0.717) is 19.6 Å². The Balaban J connectivity index is 2.44. The summed E-state index contributed by atoms with van der Waals surface area (Å²) in [7, 11) is 3.32. The average molecular weight is 286 g/mol. The maximum atomic E-state index is 12.0. The van der Waals surface area contributed by atoms with Crippen molar-refractivity contribution in [1.82, 2.24) is 10.2 Å². The van der Waals surface area contributed by atoms with Crippen LogP contribution in [0.3, 0.4) is 0 Å². The maximum absolute atomic E-state index is 12.0. The van der Waals surface area contributed by atoms with E-state index in [4.69, 9.17) is 4.74 Å². The molecule has 6 nitrogen and oxygen atoms in total.